The van der Waals surface area contributed by atoms with E-state index >= 15 is 0 Å². The molecule has 3 amide bonds. The van der Waals surface area contributed by atoms with Gasteiger partial charge >= 0.3 is 0 Å². The molecule has 2 aromatic rings. The average Bonchev–Trinajstić information content (AvgIpc) is 2.92. The SMILES string of the molecule is O=C(CCSCCCCN1C(=O)c2ccccc2C1=O)Nc1cccc(Cl)c1. The van der Waals surface area contributed by atoms with E-state index in [0.717, 1.165) is 24.3 Å². The second-order valence-corrected chi connectivity index (χ2v) is 8.10. The molecule has 28 heavy (non-hydrogen) atoms. The normalized spacial score (nSPS) is 13.0. The van der Waals surface area contributed by atoms with Crippen molar-refractivity contribution in [1.82, 2.24) is 4.90 Å². The van der Waals surface area contributed by atoms with Crippen molar-refractivity contribution in [1.29, 1.82) is 0 Å². The maximum Gasteiger partial charge on any atom is 0.261 e. The highest BCUT2D eigenvalue weighted by Crippen LogP contribution is 2.23. The highest BCUT2D eigenvalue weighted by molar-refractivity contribution is 7.99. The number of fused-ring (bicyclic) bond motifs is 1. The van der Waals surface area contributed by atoms with Gasteiger partial charge in [0.15, 0.2) is 0 Å². The summed E-state index contributed by atoms with van der Waals surface area (Å²) < 4.78 is 0. The molecule has 5 nitrogen and oxygen atoms in total. The summed E-state index contributed by atoms with van der Waals surface area (Å²) in [5.74, 6) is 1.16. The summed E-state index contributed by atoms with van der Waals surface area (Å²) >= 11 is 7.59. The minimum atomic E-state index is -0.203. The largest absolute Gasteiger partial charge is 0.326 e. The highest BCUT2D eigenvalue weighted by Gasteiger charge is 2.34. The lowest BCUT2D eigenvalue weighted by atomic mass is 10.1. The van der Waals surface area contributed by atoms with Crippen molar-refractivity contribution in [3.8, 4) is 0 Å². The minimum absolute atomic E-state index is 0.0409. The number of benzene rings is 2. The molecule has 1 heterocycles. The molecule has 0 saturated carbocycles. The summed E-state index contributed by atoms with van der Waals surface area (Å²) in [6, 6.07) is 14.0. The molecule has 0 radical (unpaired) electrons. The van der Waals surface area contributed by atoms with Crippen molar-refractivity contribution >= 4 is 46.8 Å². The van der Waals surface area contributed by atoms with E-state index in [0.29, 0.717) is 34.8 Å². The Morgan fingerprint density at radius 2 is 1.68 bits per heavy atom. The molecule has 1 N–H and O–H groups in total. The number of imide groups is 1. The molecule has 0 fully saturated rings. The van der Waals surface area contributed by atoms with Gasteiger partial charge in [0.1, 0.15) is 0 Å². The predicted octanol–water partition coefficient (Wildman–Crippen LogP) is 4.48. The predicted molar refractivity (Wildman–Crippen MR) is 113 cm³/mol. The van der Waals surface area contributed by atoms with Crippen LogP contribution in [0.5, 0.6) is 0 Å². The third kappa shape index (κ3) is 5.14. The van der Waals surface area contributed by atoms with Crippen LogP contribution in [0.1, 0.15) is 40.0 Å². The molecule has 0 unspecified atom stereocenters. The van der Waals surface area contributed by atoms with Gasteiger partial charge in [0.2, 0.25) is 5.91 Å². The lowest BCUT2D eigenvalue weighted by molar-refractivity contribution is -0.115. The van der Waals surface area contributed by atoms with Crippen LogP contribution in [0, 0.1) is 0 Å². The Bertz CT molecular complexity index is 852. The third-order valence-electron chi connectivity index (χ3n) is 4.38. The van der Waals surface area contributed by atoms with E-state index in [-0.39, 0.29) is 17.7 Å². The quantitative estimate of drug-likeness (QED) is 0.483. The van der Waals surface area contributed by atoms with Crippen molar-refractivity contribution in [2.75, 3.05) is 23.4 Å². The smallest absolute Gasteiger partial charge is 0.261 e. The number of nitrogens with zero attached hydrogens (tertiary/aromatic N) is 1. The number of halogens is 1. The summed E-state index contributed by atoms with van der Waals surface area (Å²) in [5, 5.41) is 3.41. The number of hydrogen-bond donors (Lipinski definition) is 1. The molecule has 2 aromatic carbocycles. The zero-order chi connectivity index (χ0) is 19.9. The third-order valence-corrected chi connectivity index (χ3v) is 5.69. The van der Waals surface area contributed by atoms with Crippen LogP contribution in [-0.4, -0.2) is 40.7 Å². The first kappa shape index (κ1) is 20.4. The molecule has 0 aliphatic carbocycles. The molecule has 146 valence electrons. The Kier molecular flexibility index (Phi) is 7.12. The Hall–Kier alpha value is -2.31. The Morgan fingerprint density at radius 1 is 0.964 bits per heavy atom. The number of unbranched alkanes of at least 4 members (excludes halogenated alkanes) is 1. The van der Waals surface area contributed by atoms with Crippen LogP contribution in [0.3, 0.4) is 0 Å². The Labute approximate surface area is 173 Å². The van der Waals surface area contributed by atoms with E-state index in [4.69, 9.17) is 11.6 Å². The highest BCUT2D eigenvalue weighted by atomic mass is 35.5. The maximum atomic E-state index is 12.3. The number of nitrogens with one attached hydrogen (secondary N) is 1. The fourth-order valence-corrected chi connectivity index (χ4v) is 4.11. The summed E-state index contributed by atoms with van der Waals surface area (Å²) in [6.07, 6.45) is 2.07. The monoisotopic (exact) mass is 416 g/mol. The number of thioether (sulfide) groups is 1. The second-order valence-electron chi connectivity index (χ2n) is 6.44. The fourth-order valence-electron chi connectivity index (χ4n) is 2.97. The maximum absolute atomic E-state index is 12.3. The molecular weight excluding hydrogens is 396 g/mol. The van der Waals surface area contributed by atoms with Gasteiger partial charge in [-0.3, -0.25) is 19.3 Å². The van der Waals surface area contributed by atoms with Gasteiger partial charge in [-0.15, -0.1) is 0 Å². The van der Waals surface area contributed by atoms with Gasteiger partial charge in [-0.05, 0) is 48.9 Å². The fraction of sp³-hybridized carbons (Fsp3) is 0.286. The van der Waals surface area contributed by atoms with Crippen molar-refractivity contribution in [3.05, 3.63) is 64.7 Å². The van der Waals surface area contributed by atoms with Crippen molar-refractivity contribution in [2.24, 2.45) is 0 Å². The Morgan fingerprint density at radius 3 is 2.36 bits per heavy atom. The van der Waals surface area contributed by atoms with Gasteiger partial charge in [0.25, 0.3) is 11.8 Å². The number of rotatable bonds is 9. The summed E-state index contributed by atoms with van der Waals surface area (Å²) in [7, 11) is 0. The number of hydrogen-bond acceptors (Lipinski definition) is 4. The van der Waals surface area contributed by atoms with E-state index in [1.54, 1.807) is 60.3 Å². The number of carbonyl (C=O) groups is 3. The Balaban J connectivity index is 1.29. The summed E-state index contributed by atoms with van der Waals surface area (Å²) in [6.45, 7) is 0.433. The van der Waals surface area contributed by atoms with Gasteiger partial charge in [-0.1, -0.05) is 29.8 Å². The second kappa shape index (κ2) is 9.75. The van der Waals surface area contributed by atoms with Crippen LogP contribution < -0.4 is 5.32 Å². The van der Waals surface area contributed by atoms with E-state index in [9.17, 15) is 14.4 Å². The van der Waals surface area contributed by atoms with Gasteiger partial charge in [-0.2, -0.15) is 11.8 Å². The molecule has 3 rings (SSSR count). The average molecular weight is 417 g/mol. The van der Waals surface area contributed by atoms with Gasteiger partial charge < -0.3 is 5.32 Å². The molecule has 0 spiro atoms. The lowest BCUT2D eigenvalue weighted by Crippen LogP contribution is -2.30. The summed E-state index contributed by atoms with van der Waals surface area (Å²) in [4.78, 5) is 37.8. The lowest BCUT2D eigenvalue weighted by Gasteiger charge is -2.13. The molecule has 0 saturated heterocycles. The van der Waals surface area contributed by atoms with Crippen LogP contribution in [0.25, 0.3) is 0 Å². The first-order valence-corrected chi connectivity index (χ1v) is 10.7. The first-order chi connectivity index (χ1) is 13.6. The first-order valence-electron chi connectivity index (χ1n) is 9.14. The number of carbonyl (C=O) groups excluding carboxylic acids is 3. The van der Waals surface area contributed by atoms with Crippen molar-refractivity contribution < 1.29 is 14.4 Å². The van der Waals surface area contributed by atoms with Gasteiger partial charge in [0.05, 0.1) is 11.1 Å². The molecule has 0 aromatic heterocycles. The van der Waals surface area contributed by atoms with Crippen LogP contribution in [0.15, 0.2) is 48.5 Å². The van der Waals surface area contributed by atoms with E-state index < -0.39 is 0 Å². The van der Waals surface area contributed by atoms with E-state index in [1.165, 1.54) is 4.90 Å². The standard InChI is InChI=1S/C21H21ClN2O3S/c22-15-6-5-7-16(14-15)23-19(25)10-13-28-12-4-3-11-24-20(26)17-8-1-2-9-18(17)21(24)27/h1-2,5-9,14H,3-4,10-13H2,(H,23,25). The zero-order valence-corrected chi connectivity index (χ0v) is 16.9. The molecule has 0 atom stereocenters. The molecule has 1 aliphatic heterocycles. The van der Waals surface area contributed by atoms with Crippen molar-refractivity contribution in [2.45, 2.75) is 19.3 Å². The van der Waals surface area contributed by atoms with Gasteiger partial charge in [-0.25, -0.2) is 0 Å². The molecular formula is C21H21ClN2O3S. The number of anilines is 1. The summed E-state index contributed by atoms with van der Waals surface area (Å²) in [5.41, 5.74) is 1.68. The molecule has 7 heteroatoms. The van der Waals surface area contributed by atoms with E-state index in [2.05, 4.69) is 5.32 Å². The molecule has 1 aliphatic rings. The van der Waals surface area contributed by atoms with Crippen LogP contribution in [0.4, 0.5) is 5.69 Å². The van der Waals surface area contributed by atoms with Gasteiger partial charge in [0, 0.05) is 29.4 Å². The van der Waals surface area contributed by atoms with Crippen LogP contribution >= 0.6 is 23.4 Å². The van der Waals surface area contributed by atoms with Crippen molar-refractivity contribution in [3.63, 3.8) is 0 Å². The minimum Gasteiger partial charge on any atom is -0.326 e. The topological polar surface area (TPSA) is 66.5 Å². The molecule has 0 bridgehead atoms. The number of amides is 3. The van der Waals surface area contributed by atoms with E-state index in [1.807, 2.05) is 0 Å². The van der Waals surface area contributed by atoms with Crippen LogP contribution in [0.2, 0.25) is 5.02 Å². The zero-order valence-electron chi connectivity index (χ0n) is 15.3. The van der Waals surface area contributed by atoms with Crippen LogP contribution in [-0.2, 0) is 4.79 Å².